The lowest BCUT2D eigenvalue weighted by atomic mass is 10.0. The molecule has 0 aliphatic carbocycles. The maximum Gasteiger partial charge on any atom is 0.185 e. The number of ether oxygens (including phenoxy) is 2. The summed E-state index contributed by atoms with van der Waals surface area (Å²) in [5.41, 5.74) is 1.63. The van der Waals surface area contributed by atoms with Crippen LogP contribution in [0.4, 0.5) is 0 Å². The lowest BCUT2D eigenvalue weighted by molar-refractivity contribution is 0.104. The van der Waals surface area contributed by atoms with Gasteiger partial charge in [-0.2, -0.15) is 0 Å². The minimum atomic E-state index is -0.0217. The van der Waals surface area contributed by atoms with E-state index in [4.69, 9.17) is 9.47 Å². The van der Waals surface area contributed by atoms with E-state index in [1.807, 2.05) is 73.7 Å². The number of fused-ring (bicyclic) bond motifs is 1. The minimum absolute atomic E-state index is 0.0217. The Balaban J connectivity index is 1.77. The molecule has 0 bridgehead atoms. The molecule has 0 spiro atoms. The number of benzene rings is 3. The van der Waals surface area contributed by atoms with E-state index < -0.39 is 0 Å². The average Bonchev–Trinajstić information content (AvgIpc) is 2.66. The first-order chi connectivity index (χ1) is 12.2. The zero-order valence-corrected chi connectivity index (χ0v) is 14.4. The van der Waals surface area contributed by atoms with Crippen LogP contribution in [-0.4, -0.2) is 19.5 Å². The van der Waals surface area contributed by atoms with Gasteiger partial charge in [0.05, 0.1) is 13.7 Å². The van der Waals surface area contributed by atoms with Gasteiger partial charge >= 0.3 is 0 Å². The molecule has 0 saturated carbocycles. The number of ketones is 1. The molecule has 0 saturated heterocycles. The van der Waals surface area contributed by atoms with Crippen molar-refractivity contribution >= 4 is 22.6 Å². The molecular weight excluding hydrogens is 312 g/mol. The van der Waals surface area contributed by atoms with Gasteiger partial charge < -0.3 is 9.47 Å². The Morgan fingerprint density at radius 3 is 2.32 bits per heavy atom. The van der Waals surface area contributed by atoms with Gasteiger partial charge in [0.1, 0.15) is 11.5 Å². The third-order valence-corrected chi connectivity index (χ3v) is 3.95. The van der Waals surface area contributed by atoms with Crippen LogP contribution in [0.15, 0.2) is 66.7 Å². The molecule has 126 valence electrons. The summed E-state index contributed by atoms with van der Waals surface area (Å²) in [5.74, 6) is 1.62. The number of hydrogen-bond acceptors (Lipinski definition) is 3. The number of hydrogen-bond donors (Lipinski definition) is 0. The van der Waals surface area contributed by atoms with Crippen molar-refractivity contribution in [2.45, 2.75) is 6.92 Å². The Labute approximate surface area is 147 Å². The molecule has 3 aromatic rings. The lowest BCUT2D eigenvalue weighted by Gasteiger charge is -2.04. The van der Waals surface area contributed by atoms with Gasteiger partial charge in [-0.15, -0.1) is 0 Å². The Hall–Kier alpha value is -3.07. The Morgan fingerprint density at radius 2 is 1.60 bits per heavy atom. The Bertz CT molecular complexity index is 908. The van der Waals surface area contributed by atoms with Crippen LogP contribution in [0, 0.1) is 0 Å². The van der Waals surface area contributed by atoms with E-state index in [1.165, 1.54) is 0 Å². The van der Waals surface area contributed by atoms with Gasteiger partial charge in [0, 0.05) is 5.56 Å². The molecule has 3 nitrogen and oxygen atoms in total. The van der Waals surface area contributed by atoms with Crippen LogP contribution in [0.2, 0.25) is 0 Å². The standard InChI is InChI=1S/C22H20O3/c1-3-25-20-10-4-16(5-11-20)6-13-22(23)19-8-7-18-15-21(24-2)12-9-17(18)14-19/h4-15H,3H2,1-2H3/b13-6+. The maximum absolute atomic E-state index is 12.4. The molecule has 0 fully saturated rings. The van der Waals surface area contributed by atoms with Gasteiger partial charge in [0.25, 0.3) is 0 Å². The molecule has 0 N–H and O–H groups in total. The third kappa shape index (κ3) is 4.07. The Morgan fingerprint density at radius 1 is 0.920 bits per heavy atom. The molecule has 25 heavy (non-hydrogen) atoms. The number of methoxy groups -OCH3 is 1. The van der Waals surface area contributed by atoms with Crippen molar-refractivity contribution in [3.63, 3.8) is 0 Å². The van der Waals surface area contributed by atoms with Gasteiger partial charge in [0.2, 0.25) is 0 Å². The average molecular weight is 332 g/mol. The highest BCUT2D eigenvalue weighted by atomic mass is 16.5. The SMILES string of the molecule is CCOc1ccc(/C=C/C(=O)c2ccc3cc(OC)ccc3c2)cc1. The first-order valence-electron chi connectivity index (χ1n) is 8.22. The van der Waals surface area contributed by atoms with Crippen molar-refractivity contribution in [1.29, 1.82) is 0 Å². The molecule has 0 heterocycles. The first-order valence-corrected chi connectivity index (χ1v) is 8.22. The molecule has 0 aromatic heterocycles. The number of allylic oxidation sites excluding steroid dienone is 1. The van der Waals surface area contributed by atoms with Crippen LogP contribution in [0.3, 0.4) is 0 Å². The fourth-order valence-electron chi connectivity index (χ4n) is 2.61. The molecule has 0 radical (unpaired) electrons. The van der Waals surface area contributed by atoms with Crippen LogP contribution in [0.5, 0.6) is 11.5 Å². The fourth-order valence-corrected chi connectivity index (χ4v) is 2.61. The highest BCUT2D eigenvalue weighted by Crippen LogP contribution is 2.22. The molecule has 0 aliphatic rings. The van der Waals surface area contributed by atoms with E-state index in [1.54, 1.807) is 13.2 Å². The summed E-state index contributed by atoms with van der Waals surface area (Å²) in [6.07, 6.45) is 3.41. The van der Waals surface area contributed by atoms with Gasteiger partial charge in [0.15, 0.2) is 5.78 Å². The van der Waals surface area contributed by atoms with E-state index in [0.717, 1.165) is 27.8 Å². The molecule has 0 atom stereocenters. The van der Waals surface area contributed by atoms with E-state index in [-0.39, 0.29) is 5.78 Å². The summed E-state index contributed by atoms with van der Waals surface area (Å²) in [6.45, 7) is 2.59. The first kappa shape index (κ1) is 16.8. The molecule has 0 unspecified atom stereocenters. The van der Waals surface area contributed by atoms with E-state index in [2.05, 4.69) is 0 Å². The van der Waals surface area contributed by atoms with E-state index in [9.17, 15) is 4.79 Å². The van der Waals surface area contributed by atoms with Crippen molar-refractivity contribution < 1.29 is 14.3 Å². The highest BCUT2D eigenvalue weighted by molar-refractivity contribution is 6.08. The summed E-state index contributed by atoms with van der Waals surface area (Å²) >= 11 is 0. The lowest BCUT2D eigenvalue weighted by Crippen LogP contribution is -1.94. The zero-order chi connectivity index (χ0) is 17.6. The molecule has 3 heteroatoms. The highest BCUT2D eigenvalue weighted by Gasteiger charge is 2.04. The smallest absolute Gasteiger partial charge is 0.185 e. The maximum atomic E-state index is 12.4. The topological polar surface area (TPSA) is 35.5 Å². The predicted octanol–water partition coefficient (Wildman–Crippen LogP) is 5.14. The zero-order valence-electron chi connectivity index (χ0n) is 14.4. The second kappa shape index (κ2) is 7.67. The monoisotopic (exact) mass is 332 g/mol. The van der Waals surface area contributed by atoms with Crippen molar-refractivity contribution in [1.82, 2.24) is 0 Å². The number of rotatable bonds is 6. The fraction of sp³-hybridized carbons (Fsp3) is 0.136. The molecule has 3 aromatic carbocycles. The van der Waals surface area contributed by atoms with Crippen LogP contribution in [0.25, 0.3) is 16.8 Å². The van der Waals surface area contributed by atoms with Gasteiger partial charge in [-0.3, -0.25) is 4.79 Å². The van der Waals surface area contributed by atoms with Crippen molar-refractivity contribution in [3.8, 4) is 11.5 Å². The summed E-state index contributed by atoms with van der Waals surface area (Å²) in [6, 6.07) is 19.2. The summed E-state index contributed by atoms with van der Waals surface area (Å²) < 4.78 is 10.6. The van der Waals surface area contributed by atoms with Crippen LogP contribution in [-0.2, 0) is 0 Å². The third-order valence-electron chi connectivity index (χ3n) is 3.95. The van der Waals surface area contributed by atoms with Crippen LogP contribution >= 0.6 is 0 Å². The molecule has 3 rings (SSSR count). The minimum Gasteiger partial charge on any atom is -0.497 e. The van der Waals surface area contributed by atoms with Crippen LogP contribution < -0.4 is 9.47 Å². The second-order valence-corrected chi connectivity index (χ2v) is 5.63. The largest absolute Gasteiger partial charge is 0.497 e. The van der Waals surface area contributed by atoms with Gasteiger partial charge in [-0.25, -0.2) is 0 Å². The summed E-state index contributed by atoms with van der Waals surface area (Å²) in [4.78, 5) is 12.4. The summed E-state index contributed by atoms with van der Waals surface area (Å²) in [5, 5.41) is 2.06. The normalized spacial score (nSPS) is 11.0. The van der Waals surface area contributed by atoms with E-state index >= 15 is 0 Å². The van der Waals surface area contributed by atoms with Crippen molar-refractivity contribution in [2.24, 2.45) is 0 Å². The Kier molecular flexibility index (Phi) is 5.14. The van der Waals surface area contributed by atoms with Crippen molar-refractivity contribution in [3.05, 3.63) is 77.9 Å². The molecular formula is C22H20O3. The number of carbonyl (C=O) groups excluding carboxylic acids is 1. The quantitative estimate of drug-likeness (QED) is 0.463. The van der Waals surface area contributed by atoms with Gasteiger partial charge in [-0.1, -0.05) is 36.4 Å². The van der Waals surface area contributed by atoms with Crippen molar-refractivity contribution in [2.75, 3.05) is 13.7 Å². The summed E-state index contributed by atoms with van der Waals surface area (Å²) in [7, 11) is 1.64. The van der Waals surface area contributed by atoms with Gasteiger partial charge in [-0.05, 0) is 59.7 Å². The van der Waals surface area contributed by atoms with E-state index in [0.29, 0.717) is 12.2 Å². The predicted molar refractivity (Wildman–Crippen MR) is 101 cm³/mol. The molecule has 0 amide bonds. The number of carbonyl (C=O) groups is 1. The molecule has 0 aliphatic heterocycles. The van der Waals surface area contributed by atoms with Crippen LogP contribution in [0.1, 0.15) is 22.8 Å². The second-order valence-electron chi connectivity index (χ2n) is 5.63.